The van der Waals surface area contributed by atoms with Crippen LogP contribution in [0.25, 0.3) is 0 Å². The molecule has 15 heteroatoms. The van der Waals surface area contributed by atoms with Crippen LogP contribution in [-0.4, -0.2) is 142 Å². The van der Waals surface area contributed by atoms with Crippen molar-refractivity contribution in [3.63, 3.8) is 0 Å². The Bertz CT molecular complexity index is 1040. The average molecular weight is 807 g/mol. The number of rotatable bonds is 31. The highest BCUT2D eigenvalue weighted by atomic mass is 16.7. The van der Waals surface area contributed by atoms with Crippen molar-refractivity contribution in [3.05, 3.63) is 12.2 Å². The molecule has 0 aromatic heterocycles. The molecule has 2 heterocycles. The predicted octanol–water partition coefficient (Wildman–Crippen LogP) is 3.48. The molecule has 15 nitrogen and oxygen atoms in total. The number of carbonyl (C=O) groups excluding carboxylic acids is 2. The van der Waals surface area contributed by atoms with Crippen molar-refractivity contribution in [3.8, 4) is 0 Å². The van der Waals surface area contributed by atoms with Gasteiger partial charge in [0.25, 0.3) is 0 Å². The van der Waals surface area contributed by atoms with Gasteiger partial charge in [-0.1, -0.05) is 103 Å². The molecule has 0 aliphatic carbocycles. The minimum atomic E-state index is -1.76. The number of aliphatic hydroxyl groups is 7. The Kier molecular flexibility index (Phi) is 27.3. The first kappa shape index (κ1) is 50.4. The molecular formula is C41H74O15. The number of hydrogen-bond acceptors (Lipinski definition) is 15. The molecule has 11 atom stereocenters. The molecule has 0 spiro atoms. The predicted molar refractivity (Wildman–Crippen MR) is 206 cm³/mol. The van der Waals surface area contributed by atoms with Gasteiger partial charge in [0, 0.05) is 12.8 Å². The van der Waals surface area contributed by atoms with E-state index in [4.69, 9.17) is 28.4 Å². The molecule has 2 aliphatic rings. The van der Waals surface area contributed by atoms with E-state index in [1.807, 2.05) is 0 Å². The van der Waals surface area contributed by atoms with Crippen LogP contribution in [0, 0.1) is 0 Å². The maximum Gasteiger partial charge on any atom is 0.306 e. The van der Waals surface area contributed by atoms with Crippen molar-refractivity contribution in [1.29, 1.82) is 0 Å². The van der Waals surface area contributed by atoms with E-state index in [0.717, 1.165) is 64.2 Å². The summed E-state index contributed by atoms with van der Waals surface area (Å²) in [5, 5.41) is 71.6. The van der Waals surface area contributed by atoms with Crippen LogP contribution in [-0.2, 0) is 38.0 Å². The summed E-state index contributed by atoms with van der Waals surface area (Å²) in [5.74, 6) is -0.942. The van der Waals surface area contributed by atoms with Gasteiger partial charge in [0.2, 0.25) is 0 Å². The van der Waals surface area contributed by atoms with Crippen molar-refractivity contribution in [1.82, 2.24) is 0 Å². The van der Waals surface area contributed by atoms with Crippen molar-refractivity contribution in [2.24, 2.45) is 0 Å². The Morgan fingerprint density at radius 2 is 1.02 bits per heavy atom. The molecule has 4 unspecified atom stereocenters. The lowest BCUT2D eigenvalue weighted by Gasteiger charge is -2.42. The Morgan fingerprint density at radius 1 is 0.554 bits per heavy atom. The summed E-state index contributed by atoms with van der Waals surface area (Å²) in [4.78, 5) is 25.4. The summed E-state index contributed by atoms with van der Waals surface area (Å²) in [6, 6.07) is 0. The van der Waals surface area contributed by atoms with Crippen LogP contribution < -0.4 is 0 Å². The highest BCUT2D eigenvalue weighted by Gasteiger charge is 2.47. The van der Waals surface area contributed by atoms with Gasteiger partial charge in [0.05, 0.1) is 19.8 Å². The summed E-state index contributed by atoms with van der Waals surface area (Å²) in [6.45, 7) is 2.48. The molecule has 2 saturated heterocycles. The number of hydrogen-bond donors (Lipinski definition) is 7. The van der Waals surface area contributed by atoms with E-state index in [0.29, 0.717) is 12.8 Å². The summed E-state index contributed by atoms with van der Waals surface area (Å²) < 4.78 is 33.3. The lowest BCUT2D eigenvalue weighted by molar-refractivity contribution is -0.332. The van der Waals surface area contributed by atoms with Gasteiger partial charge in [-0.15, -0.1) is 0 Å². The molecule has 0 aromatic rings. The molecule has 2 rings (SSSR count). The van der Waals surface area contributed by atoms with E-state index in [1.54, 1.807) is 0 Å². The van der Waals surface area contributed by atoms with Crippen LogP contribution >= 0.6 is 0 Å². The van der Waals surface area contributed by atoms with Crippen LogP contribution in [0.15, 0.2) is 12.2 Å². The minimum Gasteiger partial charge on any atom is -0.462 e. The topological polar surface area (TPSA) is 231 Å². The number of aliphatic hydroxyl groups excluding tert-OH is 7. The van der Waals surface area contributed by atoms with Gasteiger partial charge >= 0.3 is 11.9 Å². The smallest absolute Gasteiger partial charge is 0.306 e. The zero-order valence-corrected chi connectivity index (χ0v) is 33.9. The SMILES string of the molecule is CCCCCC/C=C/CCCCCCCC(=O)O[C@H](COC(=O)CCCCCCCCC)CO[C@@H]1O[C@H](CO[C@@H]2O[C@H](CO)[C@H](O)C(O)C2O)[C@H](O)C(O)C1O. The van der Waals surface area contributed by atoms with Gasteiger partial charge in [0.1, 0.15) is 55.4 Å². The summed E-state index contributed by atoms with van der Waals surface area (Å²) in [7, 11) is 0. The molecule has 56 heavy (non-hydrogen) atoms. The average Bonchev–Trinajstić information content (AvgIpc) is 3.19. The quantitative estimate of drug-likeness (QED) is 0.0302. The Hall–Kier alpha value is -1.76. The molecule has 0 amide bonds. The zero-order valence-electron chi connectivity index (χ0n) is 33.9. The summed E-state index contributed by atoms with van der Waals surface area (Å²) in [5.41, 5.74) is 0. The maximum atomic E-state index is 12.9. The largest absolute Gasteiger partial charge is 0.462 e. The van der Waals surface area contributed by atoms with Gasteiger partial charge < -0.3 is 64.2 Å². The van der Waals surface area contributed by atoms with Gasteiger partial charge in [-0.05, 0) is 38.5 Å². The highest BCUT2D eigenvalue weighted by molar-refractivity contribution is 5.70. The normalized spacial score (nSPS) is 28.7. The first-order chi connectivity index (χ1) is 27.0. The molecule has 0 aromatic carbocycles. The fourth-order valence-electron chi connectivity index (χ4n) is 6.62. The van der Waals surface area contributed by atoms with E-state index in [2.05, 4.69) is 26.0 Å². The molecule has 0 saturated carbocycles. The molecule has 0 bridgehead atoms. The molecular weight excluding hydrogens is 732 g/mol. The Labute approximate surface area is 333 Å². The zero-order chi connectivity index (χ0) is 41.1. The van der Waals surface area contributed by atoms with Crippen LogP contribution in [0.3, 0.4) is 0 Å². The fraction of sp³-hybridized carbons (Fsp3) is 0.902. The third-order valence-electron chi connectivity index (χ3n) is 10.2. The lowest BCUT2D eigenvalue weighted by atomic mass is 9.98. The second-order valence-electron chi connectivity index (χ2n) is 15.2. The van der Waals surface area contributed by atoms with E-state index < -0.39 is 92.7 Å². The van der Waals surface area contributed by atoms with Gasteiger partial charge in [-0.25, -0.2) is 0 Å². The van der Waals surface area contributed by atoms with E-state index in [1.165, 1.54) is 38.5 Å². The standard InChI is InChI=1S/C41H74O15/c1-3-5-7-9-11-12-13-14-15-16-18-20-22-24-33(44)54-29(26-51-32(43)23-21-19-17-10-8-6-4-2)27-52-40-39(50)37(48)35(46)31(56-40)28-53-41-38(49)36(47)34(45)30(25-42)55-41/h12-13,29-31,34-42,45-50H,3-11,14-28H2,1-2H3/b13-12+/t29-,30-,31-,34+,35+,36?,37?,38?,39?,40-,41-/m1/s1. The second-order valence-corrected chi connectivity index (χ2v) is 15.2. The van der Waals surface area contributed by atoms with Crippen molar-refractivity contribution < 1.29 is 73.8 Å². The Morgan fingerprint density at radius 3 is 1.59 bits per heavy atom. The van der Waals surface area contributed by atoms with Crippen LogP contribution in [0.4, 0.5) is 0 Å². The van der Waals surface area contributed by atoms with Crippen LogP contribution in [0.2, 0.25) is 0 Å². The first-order valence-electron chi connectivity index (χ1n) is 21.3. The number of carbonyl (C=O) groups is 2. The first-order valence-corrected chi connectivity index (χ1v) is 21.3. The second kappa shape index (κ2) is 30.3. The maximum absolute atomic E-state index is 12.9. The number of ether oxygens (including phenoxy) is 6. The number of unbranched alkanes of at least 4 members (excludes halogenated alkanes) is 15. The number of esters is 2. The Balaban J connectivity index is 1.88. The van der Waals surface area contributed by atoms with Crippen molar-refractivity contribution in [2.75, 3.05) is 26.4 Å². The molecule has 328 valence electrons. The number of allylic oxidation sites excluding steroid dienone is 2. The van der Waals surface area contributed by atoms with Gasteiger partial charge in [0.15, 0.2) is 18.7 Å². The molecule has 7 N–H and O–H groups in total. The third-order valence-corrected chi connectivity index (χ3v) is 10.2. The third kappa shape index (κ3) is 19.8. The van der Waals surface area contributed by atoms with Gasteiger partial charge in [-0.2, -0.15) is 0 Å². The van der Waals surface area contributed by atoms with E-state index >= 15 is 0 Å². The van der Waals surface area contributed by atoms with Gasteiger partial charge in [-0.3, -0.25) is 9.59 Å². The lowest BCUT2D eigenvalue weighted by Crippen LogP contribution is -2.61. The molecule has 0 radical (unpaired) electrons. The van der Waals surface area contributed by atoms with E-state index in [9.17, 15) is 45.3 Å². The van der Waals surface area contributed by atoms with Crippen molar-refractivity contribution >= 4 is 11.9 Å². The van der Waals surface area contributed by atoms with Crippen LogP contribution in [0.5, 0.6) is 0 Å². The summed E-state index contributed by atoms with van der Waals surface area (Å²) in [6.07, 6.45) is 7.19. The monoisotopic (exact) mass is 807 g/mol. The fourth-order valence-corrected chi connectivity index (χ4v) is 6.62. The molecule has 2 aliphatic heterocycles. The van der Waals surface area contributed by atoms with Crippen LogP contribution in [0.1, 0.15) is 142 Å². The summed E-state index contributed by atoms with van der Waals surface area (Å²) >= 11 is 0. The molecule has 2 fully saturated rings. The minimum absolute atomic E-state index is 0.158. The van der Waals surface area contributed by atoms with E-state index in [-0.39, 0.29) is 26.1 Å². The van der Waals surface area contributed by atoms with Crippen molar-refractivity contribution in [2.45, 2.75) is 210 Å². The highest BCUT2D eigenvalue weighted by Crippen LogP contribution is 2.26.